The number of aryl methyl sites for hydroxylation is 1. The van der Waals surface area contributed by atoms with Gasteiger partial charge >= 0.3 is 12.4 Å². The molecule has 33 heavy (non-hydrogen) atoms. The zero-order chi connectivity index (χ0) is 24.2. The third kappa shape index (κ3) is 4.49. The zero-order valence-corrected chi connectivity index (χ0v) is 17.3. The molecular formula is C22H19F6N3O2. The van der Waals surface area contributed by atoms with Crippen molar-refractivity contribution in [2.75, 3.05) is 18.4 Å². The zero-order valence-electron chi connectivity index (χ0n) is 17.3. The Hall–Kier alpha value is -3.24. The van der Waals surface area contributed by atoms with Crippen LogP contribution in [0.4, 0.5) is 32.0 Å². The average Bonchev–Trinajstić information content (AvgIpc) is 2.73. The van der Waals surface area contributed by atoms with Crippen molar-refractivity contribution < 1.29 is 35.9 Å². The molecule has 176 valence electrons. The lowest BCUT2D eigenvalue weighted by Crippen LogP contribution is -2.62. The Kier molecular flexibility index (Phi) is 5.33. The fourth-order valence-corrected chi connectivity index (χ4v) is 4.13. The maximum atomic E-state index is 13.1. The highest BCUT2D eigenvalue weighted by atomic mass is 19.4. The summed E-state index contributed by atoms with van der Waals surface area (Å²) in [5.74, 6) is -1.22. The minimum Gasteiger partial charge on any atom is -0.362 e. The van der Waals surface area contributed by atoms with Gasteiger partial charge in [-0.25, -0.2) is 0 Å². The number of anilines is 1. The normalized spacial score (nSPS) is 17.9. The van der Waals surface area contributed by atoms with Crippen molar-refractivity contribution in [2.24, 2.45) is 0 Å². The first kappa shape index (κ1) is 22.9. The number of amides is 2. The smallest absolute Gasteiger partial charge is 0.362 e. The Morgan fingerprint density at radius 2 is 1.48 bits per heavy atom. The average molecular weight is 471 g/mol. The minimum absolute atomic E-state index is 0.0113. The molecule has 0 atom stereocenters. The number of carbonyl (C=O) groups is 2. The summed E-state index contributed by atoms with van der Waals surface area (Å²) in [6.07, 6.45) is -9.62. The molecule has 2 aromatic rings. The van der Waals surface area contributed by atoms with Crippen LogP contribution in [0.1, 0.15) is 50.2 Å². The van der Waals surface area contributed by atoms with Gasteiger partial charge in [-0.15, -0.1) is 0 Å². The number of rotatable bonds is 1. The van der Waals surface area contributed by atoms with Gasteiger partial charge in [0.05, 0.1) is 16.7 Å². The van der Waals surface area contributed by atoms with E-state index in [0.717, 1.165) is 5.56 Å². The molecule has 0 saturated carbocycles. The fraction of sp³-hybridized carbons (Fsp3) is 0.364. The SMILES string of the molecule is Cc1ccc2c(c1)C(=O)NC1(CCN(C(=O)c3cc(C(F)(F)F)cc(C(F)(F)F)c3)CC1)N2. The molecule has 1 saturated heterocycles. The van der Waals surface area contributed by atoms with Crippen molar-refractivity contribution in [2.45, 2.75) is 37.8 Å². The number of hydrogen-bond donors (Lipinski definition) is 2. The molecule has 0 bridgehead atoms. The highest BCUT2D eigenvalue weighted by molar-refractivity contribution is 6.02. The summed E-state index contributed by atoms with van der Waals surface area (Å²) in [5, 5.41) is 6.15. The highest BCUT2D eigenvalue weighted by Gasteiger charge is 2.42. The molecule has 2 aliphatic rings. The number of halogens is 6. The Balaban J connectivity index is 1.55. The first-order chi connectivity index (χ1) is 15.3. The van der Waals surface area contributed by atoms with Crippen LogP contribution in [0.25, 0.3) is 0 Å². The second kappa shape index (κ2) is 7.67. The van der Waals surface area contributed by atoms with E-state index >= 15 is 0 Å². The summed E-state index contributed by atoms with van der Waals surface area (Å²) in [6.45, 7) is 1.91. The van der Waals surface area contributed by atoms with E-state index < -0.39 is 40.6 Å². The van der Waals surface area contributed by atoms with Crippen LogP contribution in [-0.2, 0) is 12.4 Å². The Labute approximate surface area is 184 Å². The quantitative estimate of drug-likeness (QED) is 0.587. The first-order valence-electron chi connectivity index (χ1n) is 10.1. The molecular weight excluding hydrogens is 452 g/mol. The van der Waals surface area contributed by atoms with Crippen molar-refractivity contribution in [3.8, 4) is 0 Å². The summed E-state index contributed by atoms with van der Waals surface area (Å²) < 4.78 is 78.7. The van der Waals surface area contributed by atoms with E-state index in [1.54, 1.807) is 12.1 Å². The summed E-state index contributed by atoms with van der Waals surface area (Å²) in [5.41, 5.74) is -2.62. The molecule has 1 fully saturated rings. The van der Waals surface area contributed by atoms with E-state index in [2.05, 4.69) is 10.6 Å². The van der Waals surface area contributed by atoms with Gasteiger partial charge in [0.1, 0.15) is 5.66 Å². The number of likely N-dealkylation sites (tertiary alicyclic amines) is 1. The van der Waals surface area contributed by atoms with Gasteiger partial charge in [-0.05, 0) is 37.3 Å². The molecule has 0 aliphatic carbocycles. The van der Waals surface area contributed by atoms with Gasteiger partial charge < -0.3 is 15.5 Å². The minimum atomic E-state index is -5.04. The predicted molar refractivity (Wildman–Crippen MR) is 107 cm³/mol. The van der Waals surface area contributed by atoms with Gasteiger partial charge in [0.25, 0.3) is 11.8 Å². The van der Waals surface area contributed by atoms with Crippen molar-refractivity contribution in [3.05, 3.63) is 64.2 Å². The van der Waals surface area contributed by atoms with E-state index in [4.69, 9.17) is 0 Å². The van der Waals surface area contributed by atoms with Crippen molar-refractivity contribution in [3.63, 3.8) is 0 Å². The molecule has 4 rings (SSSR count). The molecule has 0 radical (unpaired) electrons. The lowest BCUT2D eigenvalue weighted by molar-refractivity contribution is -0.143. The third-order valence-electron chi connectivity index (χ3n) is 5.89. The van der Waals surface area contributed by atoms with Crippen molar-refractivity contribution >= 4 is 17.5 Å². The number of alkyl halides is 6. The predicted octanol–water partition coefficient (Wildman–Crippen LogP) is 4.82. The number of nitrogens with one attached hydrogen (secondary N) is 2. The molecule has 2 aromatic carbocycles. The van der Waals surface area contributed by atoms with E-state index in [9.17, 15) is 35.9 Å². The van der Waals surface area contributed by atoms with E-state index in [1.165, 1.54) is 4.90 Å². The number of fused-ring (bicyclic) bond motifs is 1. The number of carbonyl (C=O) groups excluding carboxylic acids is 2. The topological polar surface area (TPSA) is 61.4 Å². The second-order valence-electron chi connectivity index (χ2n) is 8.30. The van der Waals surface area contributed by atoms with Gasteiger partial charge in [-0.2, -0.15) is 26.3 Å². The highest BCUT2D eigenvalue weighted by Crippen LogP contribution is 2.37. The van der Waals surface area contributed by atoms with Crippen LogP contribution in [0, 0.1) is 6.92 Å². The molecule has 0 aromatic heterocycles. The maximum Gasteiger partial charge on any atom is 0.416 e. The standard InChI is InChI=1S/C22H19F6N3O2/c1-12-2-3-17-16(8-12)18(32)30-20(29-17)4-6-31(7-5-20)19(33)13-9-14(21(23,24)25)11-15(10-13)22(26,27)28/h2-3,8-11,29H,4-7H2,1H3,(H,30,32). The lowest BCUT2D eigenvalue weighted by Gasteiger charge is -2.46. The summed E-state index contributed by atoms with van der Waals surface area (Å²) in [4.78, 5) is 26.6. The molecule has 2 N–H and O–H groups in total. The molecule has 2 aliphatic heterocycles. The molecule has 2 heterocycles. The van der Waals surface area contributed by atoms with Crippen molar-refractivity contribution in [1.29, 1.82) is 0 Å². The van der Waals surface area contributed by atoms with Crippen LogP contribution < -0.4 is 10.6 Å². The number of nitrogens with zero attached hydrogens (tertiary/aromatic N) is 1. The molecule has 2 amide bonds. The van der Waals surface area contributed by atoms with Gasteiger partial charge in [0.15, 0.2) is 0 Å². The van der Waals surface area contributed by atoms with Crippen LogP contribution in [0.5, 0.6) is 0 Å². The lowest BCUT2D eigenvalue weighted by atomic mass is 9.91. The van der Waals surface area contributed by atoms with Crippen molar-refractivity contribution in [1.82, 2.24) is 10.2 Å². The largest absolute Gasteiger partial charge is 0.416 e. The van der Waals surface area contributed by atoms with Gasteiger partial charge in [-0.1, -0.05) is 11.6 Å². The Morgan fingerprint density at radius 1 is 0.909 bits per heavy atom. The van der Waals surface area contributed by atoms with E-state index in [1.807, 2.05) is 13.0 Å². The van der Waals surface area contributed by atoms with E-state index in [-0.39, 0.29) is 37.9 Å². The summed E-state index contributed by atoms with van der Waals surface area (Å²) in [7, 11) is 0. The van der Waals surface area contributed by atoms with Crippen LogP contribution in [0.2, 0.25) is 0 Å². The Bertz CT molecular complexity index is 1090. The number of piperidine rings is 1. The number of hydrogen-bond acceptors (Lipinski definition) is 3. The monoisotopic (exact) mass is 471 g/mol. The second-order valence-corrected chi connectivity index (χ2v) is 8.30. The first-order valence-corrected chi connectivity index (χ1v) is 10.1. The maximum absolute atomic E-state index is 13.1. The van der Waals surface area contributed by atoms with Gasteiger partial charge in [0.2, 0.25) is 0 Å². The van der Waals surface area contributed by atoms with Crippen LogP contribution in [0.3, 0.4) is 0 Å². The van der Waals surface area contributed by atoms with E-state index in [0.29, 0.717) is 23.4 Å². The van der Waals surface area contributed by atoms with Gasteiger partial charge in [0, 0.05) is 37.2 Å². The Morgan fingerprint density at radius 3 is 2.03 bits per heavy atom. The molecule has 1 spiro atoms. The van der Waals surface area contributed by atoms with Crippen LogP contribution in [-0.4, -0.2) is 35.5 Å². The van der Waals surface area contributed by atoms with Crippen LogP contribution in [0.15, 0.2) is 36.4 Å². The van der Waals surface area contributed by atoms with Gasteiger partial charge in [-0.3, -0.25) is 9.59 Å². The third-order valence-corrected chi connectivity index (χ3v) is 5.89. The fourth-order valence-electron chi connectivity index (χ4n) is 4.13. The molecule has 0 unspecified atom stereocenters. The summed E-state index contributed by atoms with van der Waals surface area (Å²) >= 11 is 0. The summed E-state index contributed by atoms with van der Waals surface area (Å²) in [6, 6.07) is 6.19. The number of benzene rings is 2. The molecule has 11 heteroatoms. The molecule has 5 nitrogen and oxygen atoms in total. The van der Waals surface area contributed by atoms with Crippen LogP contribution >= 0.6 is 0 Å².